The van der Waals surface area contributed by atoms with Crippen LogP contribution in [0.2, 0.25) is 0 Å². The van der Waals surface area contributed by atoms with Crippen molar-refractivity contribution in [2.75, 3.05) is 0 Å². The highest BCUT2D eigenvalue weighted by molar-refractivity contribution is 9.10. The molecule has 0 aromatic heterocycles. The maximum atomic E-state index is 13.1. The first-order chi connectivity index (χ1) is 8.08. The van der Waals surface area contributed by atoms with Gasteiger partial charge in [0.15, 0.2) is 0 Å². The van der Waals surface area contributed by atoms with Gasteiger partial charge in [0.05, 0.1) is 5.92 Å². The van der Waals surface area contributed by atoms with Gasteiger partial charge < -0.3 is 5.11 Å². The minimum absolute atomic E-state index is 0.130. The fraction of sp³-hybridized carbons (Fsp3) is 0.462. The Labute approximate surface area is 108 Å². The molecule has 0 spiro atoms. The lowest BCUT2D eigenvalue weighted by molar-refractivity contribution is -0.142. The second-order valence-corrected chi connectivity index (χ2v) is 5.43. The summed E-state index contributed by atoms with van der Waals surface area (Å²) in [6.07, 6.45) is 3.25. The van der Waals surface area contributed by atoms with E-state index in [0.717, 1.165) is 29.3 Å². The van der Waals surface area contributed by atoms with Gasteiger partial charge in [-0.25, -0.2) is 4.39 Å². The first kappa shape index (κ1) is 12.6. The number of halogens is 2. The topological polar surface area (TPSA) is 37.3 Å². The summed E-state index contributed by atoms with van der Waals surface area (Å²) in [6.45, 7) is 0. The van der Waals surface area contributed by atoms with Crippen molar-refractivity contribution < 1.29 is 14.3 Å². The van der Waals surface area contributed by atoms with E-state index in [1.807, 2.05) is 0 Å². The molecule has 1 aliphatic rings. The summed E-state index contributed by atoms with van der Waals surface area (Å²) in [6, 6.07) is 4.56. The first-order valence-corrected chi connectivity index (χ1v) is 6.54. The predicted molar refractivity (Wildman–Crippen MR) is 66.3 cm³/mol. The second kappa shape index (κ2) is 5.17. The van der Waals surface area contributed by atoms with Gasteiger partial charge in [-0.05, 0) is 48.9 Å². The Balaban J connectivity index is 2.15. The molecule has 2 rings (SSSR count). The Morgan fingerprint density at radius 2 is 2.24 bits per heavy atom. The van der Waals surface area contributed by atoms with Crippen LogP contribution in [-0.2, 0) is 11.2 Å². The van der Waals surface area contributed by atoms with E-state index in [-0.39, 0.29) is 17.7 Å². The smallest absolute Gasteiger partial charge is 0.306 e. The maximum Gasteiger partial charge on any atom is 0.306 e. The molecule has 0 bridgehead atoms. The van der Waals surface area contributed by atoms with Gasteiger partial charge in [0.2, 0.25) is 0 Å². The van der Waals surface area contributed by atoms with E-state index in [2.05, 4.69) is 15.9 Å². The standard InChI is InChI=1S/C13H14BrFO2/c14-12-5-4-10(15)7-9(12)6-8-2-1-3-11(8)13(16)17/h4-5,7-8,11H,1-3,6H2,(H,16,17). The molecule has 0 amide bonds. The molecule has 0 aliphatic heterocycles. The normalized spacial score (nSPS) is 23.9. The average Bonchev–Trinajstić information content (AvgIpc) is 2.71. The van der Waals surface area contributed by atoms with Crippen molar-refractivity contribution in [3.63, 3.8) is 0 Å². The molecule has 0 saturated heterocycles. The molecule has 1 aromatic carbocycles. The Bertz CT molecular complexity index is 433. The van der Waals surface area contributed by atoms with Crippen molar-refractivity contribution in [2.45, 2.75) is 25.7 Å². The summed E-state index contributed by atoms with van der Waals surface area (Å²) in [7, 11) is 0. The van der Waals surface area contributed by atoms with Gasteiger partial charge in [0, 0.05) is 4.47 Å². The summed E-state index contributed by atoms with van der Waals surface area (Å²) in [5, 5.41) is 9.10. The average molecular weight is 301 g/mol. The van der Waals surface area contributed by atoms with Crippen molar-refractivity contribution in [3.8, 4) is 0 Å². The molecule has 1 fully saturated rings. The van der Waals surface area contributed by atoms with Gasteiger partial charge in [0.25, 0.3) is 0 Å². The highest BCUT2D eigenvalue weighted by Crippen LogP contribution is 2.35. The number of benzene rings is 1. The molecular weight excluding hydrogens is 287 g/mol. The number of hydrogen-bond acceptors (Lipinski definition) is 1. The first-order valence-electron chi connectivity index (χ1n) is 5.74. The number of carboxylic acid groups (broad SMARTS) is 1. The molecule has 2 unspecified atom stereocenters. The van der Waals surface area contributed by atoms with E-state index < -0.39 is 5.97 Å². The number of carbonyl (C=O) groups is 1. The number of rotatable bonds is 3. The summed E-state index contributed by atoms with van der Waals surface area (Å²) in [5.74, 6) is -1.14. The monoisotopic (exact) mass is 300 g/mol. The van der Waals surface area contributed by atoms with Crippen molar-refractivity contribution in [3.05, 3.63) is 34.1 Å². The zero-order valence-corrected chi connectivity index (χ0v) is 10.9. The van der Waals surface area contributed by atoms with Crippen molar-refractivity contribution >= 4 is 21.9 Å². The molecule has 1 N–H and O–H groups in total. The van der Waals surface area contributed by atoms with Gasteiger partial charge in [-0.1, -0.05) is 22.4 Å². The summed E-state index contributed by atoms with van der Waals surface area (Å²) in [4.78, 5) is 11.1. The molecule has 17 heavy (non-hydrogen) atoms. The van der Waals surface area contributed by atoms with Crippen molar-refractivity contribution in [1.82, 2.24) is 0 Å². The summed E-state index contributed by atoms with van der Waals surface area (Å²) in [5.41, 5.74) is 0.864. The van der Waals surface area contributed by atoms with Gasteiger partial charge >= 0.3 is 5.97 Å². The Morgan fingerprint density at radius 1 is 1.47 bits per heavy atom. The van der Waals surface area contributed by atoms with E-state index in [0.29, 0.717) is 6.42 Å². The minimum atomic E-state index is -0.722. The fourth-order valence-electron chi connectivity index (χ4n) is 2.59. The highest BCUT2D eigenvalue weighted by Gasteiger charge is 2.33. The van der Waals surface area contributed by atoms with Gasteiger partial charge in [-0.15, -0.1) is 0 Å². The van der Waals surface area contributed by atoms with Gasteiger partial charge in [0.1, 0.15) is 5.82 Å². The SMILES string of the molecule is O=C(O)C1CCCC1Cc1cc(F)ccc1Br. The maximum absolute atomic E-state index is 13.1. The predicted octanol–water partition coefficient (Wildman–Crippen LogP) is 3.63. The van der Waals surface area contributed by atoms with E-state index in [1.165, 1.54) is 12.1 Å². The molecule has 0 radical (unpaired) electrons. The lowest BCUT2D eigenvalue weighted by Gasteiger charge is -2.16. The molecular formula is C13H14BrFO2. The second-order valence-electron chi connectivity index (χ2n) is 4.58. The van der Waals surface area contributed by atoms with Crippen LogP contribution in [0, 0.1) is 17.7 Å². The van der Waals surface area contributed by atoms with Gasteiger partial charge in [-0.3, -0.25) is 4.79 Å². The van der Waals surface area contributed by atoms with Crippen LogP contribution in [-0.4, -0.2) is 11.1 Å². The molecule has 92 valence electrons. The molecule has 1 saturated carbocycles. The Hall–Kier alpha value is -0.900. The van der Waals surface area contributed by atoms with Crippen LogP contribution < -0.4 is 0 Å². The van der Waals surface area contributed by atoms with E-state index in [9.17, 15) is 9.18 Å². The van der Waals surface area contributed by atoms with Crippen LogP contribution in [0.1, 0.15) is 24.8 Å². The summed E-state index contributed by atoms with van der Waals surface area (Å²) < 4.78 is 14.0. The Morgan fingerprint density at radius 3 is 2.94 bits per heavy atom. The van der Waals surface area contributed by atoms with E-state index >= 15 is 0 Å². The van der Waals surface area contributed by atoms with Crippen LogP contribution in [0.25, 0.3) is 0 Å². The van der Waals surface area contributed by atoms with Crippen LogP contribution in [0.4, 0.5) is 4.39 Å². The van der Waals surface area contributed by atoms with Crippen LogP contribution in [0.15, 0.2) is 22.7 Å². The highest BCUT2D eigenvalue weighted by atomic mass is 79.9. The zero-order valence-electron chi connectivity index (χ0n) is 9.33. The number of carboxylic acids is 1. The zero-order chi connectivity index (χ0) is 12.4. The fourth-order valence-corrected chi connectivity index (χ4v) is 3.00. The third-order valence-corrected chi connectivity index (χ3v) is 4.24. The lowest BCUT2D eigenvalue weighted by Crippen LogP contribution is -2.20. The summed E-state index contributed by atoms with van der Waals surface area (Å²) >= 11 is 3.38. The van der Waals surface area contributed by atoms with E-state index in [4.69, 9.17) is 5.11 Å². The molecule has 1 aromatic rings. The molecule has 2 atom stereocenters. The quantitative estimate of drug-likeness (QED) is 0.925. The van der Waals surface area contributed by atoms with Crippen LogP contribution in [0.3, 0.4) is 0 Å². The van der Waals surface area contributed by atoms with Crippen LogP contribution >= 0.6 is 15.9 Å². The molecule has 4 heteroatoms. The van der Waals surface area contributed by atoms with Crippen molar-refractivity contribution in [1.29, 1.82) is 0 Å². The van der Waals surface area contributed by atoms with Crippen molar-refractivity contribution in [2.24, 2.45) is 11.8 Å². The van der Waals surface area contributed by atoms with Crippen LogP contribution in [0.5, 0.6) is 0 Å². The molecule has 2 nitrogen and oxygen atoms in total. The van der Waals surface area contributed by atoms with E-state index in [1.54, 1.807) is 6.07 Å². The third kappa shape index (κ3) is 2.86. The molecule has 1 aliphatic carbocycles. The molecule has 0 heterocycles. The number of hydrogen-bond donors (Lipinski definition) is 1. The minimum Gasteiger partial charge on any atom is -0.481 e. The lowest BCUT2D eigenvalue weighted by atomic mass is 9.90. The van der Waals surface area contributed by atoms with Gasteiger partial charge in [-0.2, -0.15) is 0 Å². The third-order valence-electron chi connectivity index (χ3n) is 3.47. The number of aliphatic carboxylic acids is 1. The largest absolute Gasteiger partial charge is 0.481 e. The Kier molecular flexibility index (Phi) is 3.82.